The lowest BCUT2D eigenvalue weighted by atomic mass is 9.59. The molecule has 3 aromatic carbocycles. The van der Waals surface area contributed by atoms with E-state index in [9.17, 15) is 9.59 Å². The molecule has 0 radical (unpaired) electrons. The molecule has 3 aliphatic rings. The minimum atomic E-state index is -0.190. The topological polar surface area (TPSA) is 64.0 Å². The third-order valence-corrected chi connectivity index (χ3v) is 7.03. The van der Waals surface area contributed by atoms with E-state index in [-0.39, 0.29) is 23.9 Å². The van der Waals surface area contributed by atoms with Crippen molar-refractivity contribution in [1.29, 1.82) is 0 Å². The summed E-state index contributed by atoms with van der Waals surface area (Å²) in [6.45, 7) is 0.573. The molecule has 7 rings (SSSR count). The van der Waals surface area contributed by atoms with Crippen LogP contribution in [0.15, 0.2) is 83.9 Å². The first-order valence-corrected chi connectivity index (χ1v) is 11.1. The Balaban J connectivity index is 1.22. The number of nitrogens with one attached hydrogen (secondary N) is 1. The third kappa shape index (κ3) is 2.96. The highest BCUT2D eigenvalue weighted by atomic mass is 16.2. The van der Waals surface area contributed by atoms with E-state index in [2.05, 4.69) is 58.8 Å². The van der Waals surface area contributed by atoms with Crippen LogP contribution in [-0.4, -0.2) is 22.0 Å². The van der Waals surface area contributed by atoms with Gasteiger partial charge in [-0.05, 0) is 46.7 Å². The number of nitrogens with zero attached hydrogens (tertiary/aromatic N) is 2. The molecule has 2 bridgehead atoms. The first-order chi connectivity index (χ1) is 15.7. The first-order valence-electron chi connectivity index (χ1n) is 11.1. The average molecular weight is 422 g/mol. The molecule has 5 heteroatoms. The molecule has 1 unspecified atom stereocenters. The molecule has 3 aliphatic carbocycles. The second-order valence-electron chi connectivity index (χ2n) is 8.78. The fraction of sp³-hybridized carbons (Fsp3) is 0.222. The predicted octanol–water partition coefficient (Wildman–Crippen LogP) is 3.81. The van der Waals surface area contributed by atoms with Crippen molar-refractivity contribution in [3.05, 3.63) is 112 Å². The molecule has 1 aromatic heterocycles. The molecule has 1 heterocycles. The lowest BCUT2D eigenvalue weighted by Gasteiger charge is -2.45. The average Bonchev–Trinajstić information content (AvgIpc) is 2.85. The lowest BCUT2D eigenvalue weighted by molar-refractivity contribution is -0.122. The fourth-order valence-electron chi connectivity index (χ4n) is 5.63. The van der Waals surface area contributed by atoms with Gasteiger partial charge in [0.1, 0.15) is 6.54 Å². The molecule has 0 spiro atoms. The van der Waals surface area contributed by atoms with E-state index in [0.717, 1.165) is 6.42 Å². The largest absolute Gasteiger partial charge is 0.354 e. The van der Waals surface area contributed by atoms with Crippen LogP contribution in [-0.2, 0) is 11.3 Å². The zero-order chi connectivity index (χ0) is 21.7. The Morgan fingerprint density at radius 2 is 1.53 bits per heavy atom. The molecule has 1 amide bonds. The van der Waals surface area contributed by atoms with Gasteiger partial charge in [0.25, 0.3) is 5.56 Å². The second kappa shape index (κ2) is 7.45. The molecule has 0 saturated heterocycles. The summed E-state index contributed by atoms with van der Waals surface area (Å²) < 4.78 is 1.38. The molecule has 1 N–H and O–H groups in total. The van der Waals surface area contributed by atoms with Gasteiger partial charge in [-0.2, -0.15) is 0 Å². The SMILES string of the molecule is O=C(Cn1cnc2ccccc2c1=O)NCC1CC2c3ccccc3C1c1ccccc12. The van der Waals surface area contributed by atoms with E-state index in [1.807, 2.05) is 12.1 Å². The predicted molar refractivity (Wildman–Crippen MR) is 124 cm³/mol. The van der Waals surface area contributed by atoms with Gasteiger partial charge in [0.15, 0.2) is 0 Å². The van der Waals surface area contributed by atoms with Crippen LogP contribution in [0.1, 0.15) is 40.5 Å². The molecule has 4 aromatic rings. The van der Waals surface area contributed by atoms with E-state index >= 15 is 0 Å². The molecule has 0 fully saturated rings. The quantitative estimate of drug-likeness (QED) is 0.545. The number of benzene rings is 3. The van der Waals surface area contributed by atoms with Gasteiger partial charge in [0.2, 0.25) is 5.91 Å². The smallest absolute Gasteiger partial charge is 0.261 e. The molecular formula is C27H23N3O2. The zero-order valence-electron chi connectivity index (χ0n) is 17.6. The first kappa shape index (κ1) is 19.0. The molecule has 0 saturated carbocycles. The van der Waals surface area contributed by atoms with E-state index in [1.165, 1.54) is 33.1 Å². The highest BCUT2D eigenvalue weighted by Crippen LogP contribution is 2.55. The van der Waals surface area contributed by atoms with Crippen molar-refractivity contribution in [2.75, 3.05) is 6.54 Å². The third-order valence-electron chi connectivity index (χ3n) is 7.03. The van der Waals surface area contributed by atoms with Crippen molar-refractivity contribution in [1.82, 2.24) is 14.9 Å². The minimum absolute atomic E-state index is 0.0232. The van der Waals surface area contributed by atoms with Gasteiger partial charge in [0, 0.05) is 18.4 Å². The van der Waals surface area contributed by atoms with Gasteiger partial charge in [-0.3, -0.25) is 14.2 Å². The fourth-order valence-corrected chi connectivity index (χ4v) is 5.63. The monoisotopic (exact) mass is 421 g/mol. The Hall–Kier alpha value is -3.73. The summed E-state index contributed by atoms with van der Waals surface area (Å²) in [7, 11) is 0. The number of amides is 1. The van der Waals surface area contributed by atoms with Crippen molar-refractivity contribution < 1.29 is 4.79 Å². The molecule has 158 valence electrons. The van der Waals surface area contributed by atoms with Crippen LogP contribution in [0, 0.1) is 5.92 Å². The number of hydrogen-bond acceptors (Lipinski definition) is 3. The summed E-state index contributed by atoms with van der Waals surface area (Å²) in [5.74, 6) is 0.840. The molecule has 1 atom stereocenters. The van der Waals surface area contributed by atoms with Crippen molar-refractivity contribution in [2.24, 2.45) is 5.92 Å². The number of aromatic nitrogens is 2. The summed E-state index contributed by atoms with van der Waals surface area (Å²) in [6.07, 6.45) is 2.48. The summed E-state index contributed by atoms with van der Waals surface area (Å²) in [6, 6.07) is 24.6. The number of carbonyl (C=O) groups excluding carboxylic acids is 1. The number of para-hydroxylation sites is 1. The molecule has 5 nitrogen and oxygen atoms in total. The van der Waals surface area contributed by atoms with Crippen molar-refractivity contribution >= 4 is 16.8 Å². The Morgan fingerprint density at radius 1 is 0.906 bits per heavy atom. The second-order valence-corrected chi connectivity index (χ2v) is 8.78. The van der Waals surface area contributed by atoms with Gasteiger partial charge < -0.3 is 5.32 Å². The van der Waals surface area contributed by atoms with E-state index in [0.29, 0.717) is 29.3 Å². The van der Waals surface area contributed by atoms with Gasteiger partial charge in [-0.15, -0.1) is 0 Å². The van der Waals surface area contributed by atoms with Crippen LogP contribution < -0.4 is 10.9 Å². The van der Waals surface area contributed by atoms with Crippen LogP contribution >= 0.6 is 0 Å². The summed E-state index contributed by atoms with van der Waals surface area (Å²) in [4.78, 5) is 29.7. The number of carbonyl (C=O) groups is 1. The van der Waals surface area contributed by atoms with Crippen LogP contribution in [0.4, 0.5) is 0 Å². The number of rotatable bonds is 4. The van der Waals surface area contributed by atoms with Gasteiger partial charge in [-0.1, -0.05) is 60.7 Å². The van der Waals surface area contributed by atoms with Gasteiger partial charge in [-0.25, -0.2) is 4.98 Å². The van der Waals surface area contributed by atoms with E-state index in [4.69, 9.17) is 0 Å². The van der Waals surface area contributed by atoms with Crippen molar-refractivity contribution in [3.63, 3.8) is 0 Å². The van der Waals surface area contributed by atoms with Crippen LogP contribution in [0.25, 0.3) is 10.9 Å². The Kier molecular flexibility index (Phi) is 4.42. The molecule has 32 heavy (non-hydrogen) atoms. The molecular weight excluding hydrogens is 398 g/mol. The number of hydrogen-bond donors (Lipinski definition) is 1. The van der Waals surface area contributed by atoms with E-state index < -0.39 is 0 Å². The highest BCUT2D eigenvalue weighted by molar-refractivity contribution is 5.78. The maximum atomic E-state index is 12.7. The highest BCUT2D eigenvalue weighted by Gasteiger charge is 2.42. The molecule has 0 aliphatic heterocycles. The van der Waals surface area contributed by atoms with Crippen LogP contribution in [0.2, 0.25) is 0 Å². The summed E-state index contributed by atoms with van der Waals surface area (Å²) in [5.41, 5.74) is 6.07. The van der Waals surface area contributed by atoms with Crippen molar-refractivity contribution in [2.45, 2.75) is 24.8 Å². The van der Waals surface area contributed by atoms with E-state index in [1.54, 1.807) is 12.1 Å². The van der Waals surface area contributed by atoms with Gasteiger partial charge >= 0.3 is 0 Å². The number of fused-ring (bicyclic) bond motifs is 2. The Labute approximate surface area is 185 Å². The standard InChI is InChI=1S/C27H23N3O2/c31-25(15-30-16-29-24-12-6-5-11-22(24)27(30)32)28-14-17-13-23-18-7-1-3-9-20(18)26(17)21-10-4-2-8-19(21)23/h1-12,16-17,23,26H,13-15H2,(H,28,31). The van der Waals surface area contributed by atoms with Crippen LogP contribution in [0.3, 0.4) is 0 Å². The minimum Gasteiger partial charge on any atom is -0.354 e. The zero-order valence-corrected chi connectivity index (χ0v) is 17.6. The summed E-state index contributed by atoms with van der Waals surface area (Å²) in [5, 5.41) is 3.62. The normalized spacial score (nSPS) is 20.6. The lowest BCUT2D eigenvalue weighted by Crippen LogP contribution is -2.41. The van der Waals surface area contributed by atoms with Gasteiger partial charge in [0.05, 0.1) is 17.2 Å². The van der Waals surface area contributed by atoms with Crippen molar-refractivity contribution in [3.8, 4) is 0 Å². The van der Waals surface area contributed by atoms with Crippen LogP contribution in [0.5, 0.6) is 0 Å². The maximum absolute atomic E-state index is 12.7. The summed E-state index contributed by atoms with van der Waals surface area (Å²) >= 11 is 0. The Bertz CT molecular complexity index is 1360. The maximum Gasteiger partial charge on any atom is 0.261 e. The Morgan fingerprint density at radius 3 is 2.25 bits per heavy atom.